The summed E-state index contributed by atoms with van der Waals surface area (Å²) in [6.07, 6.45) is 6.68. The van der Waals surface area contributed by atoms with Gasteiger partial charge < -0.3 is 14.2 Å². The number of thiazole rings is 1. The molecule has 1 aromatic heterocycles. The van der Waals surface area contributed by atoms with E-state index in [0.29, 0.717) is 12.3 Å². The molecule has 1 aliphatic heterocycles. The van der Waals surface area contributed by atoms with Crippen LogP contribution in [-0.4, -0.2) is 34.5 Å². The molecule has 1 saturated carbocycles. The second-order valence-electron chi connectivity index (χ2n) is 11.4. The van der Waals surface area contributed by atoms with Gasteiger partial charge in [0.05, 0.1) is 34.4 Å². The number of hydrogen-bond donors (Lipinski definition) is 0. The third-order valence-corrected chi connectivity index (χ3v) is 7.30. The zero-order valence-corrected chi connectivity index (χ0v) is 22.9. The molecule has 0 bridgehead atoms. The summed E-state index contributed by atoms with van der Waals surface area (Å²) in [6, 6.07) is 8.90. The molecule has 5 nitrogen and oxygen atoms in total. The van der Waals surface area contributed by atoms with Crippen LogP contribution in [0.25, 0.3) is 27.4 Å². The summed E-state index contributed by atoms with van der Waals surface area (Å²) in [4.78, 5) is 17.2. The Morgan fingerprint density at radius 3 is 2.62 bits per heavy atom. The van der Waals surface area contributed by atoms with Crippen molar-refractivity contribution in [2.75, 3.05) is 0 Å². The third-order valence-electron chi connectivity index (χ3n) is 6.52. The summed E-state index contributed by atoms with van der Waals surface area (Å²) in [7, 11) is 0. The zero-order chi connectivity index (χ0) is 26.4. The number of rotatable bonds is 6. The van der Waals surface area contributed by atoms with Gasteiger partial charge >= 0.3 is 5.97 Å². The molecule has 0 unspecified atom stereocenters. The van der Waals surface area contributed by atoms with Crippen molar-refractivity contribution in [3.8, 4) is 11.1 Å². The van der Waals surface area contributed by atoms with Crippen molar-refractivity contribution in [2.24, 2.45) is 0 Å². The van der Waals surface area contributed by atoms with E-state index in [-0.39, 0.29) is 30.4 Å². The number of benzene rings is 2. The number of carbonyl (C=O) groups is 1. The third kappa shape index (κ3) is 6.28. The minimum Gasteiger partial charge on any atom is -0.460 e. The van der Waals surface area contributed by atoms with E-state index in [1.807, 2.05) is 52.3 Å². The zero-order valence-electron chi connectivity index (χ0n) is 22.0. The highest BCUT2D eigenvalue weighted by molar-refractivity contribution is 7.16. The fraction of sp³-hybridized carbons (Fsp3) is 0.467. The molecule has 0 N–H and O–H groups in total. The number of fused-ring (bicyclic) bond motifs is 1. The van der Waals surface area contributed by atoms with Crippen LogP contribution in [0, 0.1) is 5.82 Å². The second kappa shape index (κ2) is 9.93. The molecular weight excluding hydrogens is 489 g/mol. The Labute approximate surface area is 221 Å². The normalized spacial score (nSPS) is 22.0. The predicted molar refractivity (Wildman–Crippen MR) is 145 cm³/mol. The van der Waals surface area contributed by atoms with Gasteiger partial charge in [-0.3, -0.25) is 4.79 Å². The van der Waals surface area contributed by atoms with Crippen molar-refractivity contribution < 1.29 is 23.4 Å². The van der Waals surface area contributed by atoms with Crippen LogP contribution >= 0.6 is 11.3 Å². The quantitative estimate of drug-likeness (QED) is 0.311. The van der Waals surface area contributed by atoms with Crippen LogP contribution < -0.4 is 0 Å². The highest BCUT2D eigenvalue weighted by Crippen LogP contribution is 2.47. The van der Waals surface area contributed by atoms with Gasteiger partial charge in [-0.1, -0.05) is 24.3 Å². The van der Waals surface area contributed by atoms with Crippen LogP contribution in [0.2, 0.25) is 0 Å². The molecular formula is C30H34FNO4S. The molecule has 2 aromatic carbocycles. The minimum absolute atomic E-state index is 0.174. The predicted octanol–water partition coefficient (Wildman–Crippen LogP) is 7.64. The molecule has 5 rings (SSSR count). The molecule has 2 fully saturated rings. The molecule has 2 atom stereocenters. The molecule has 2 heterocycles. The topological polar surface area (TPSA) is 57.7 Å². The lowest BCUT2D eigenvalue weighted by atomic mass is 9.91. The van der Waals surface area contributed by atoms with E-state index in [0.717, 1.165) is 39.7 Å². The van der Waals surface area contributed by atoms with Crippen LogP contribution in [0.15, 0.2) is 41.9 Å². The van der Waals surface area contributed by atoms with Gasteiger partial charge in [-0.25, -0.2) is 9.37 Å². The van der Waals surface area contributed by atoms with E-state index in [1.165, 1.54) is 17.7 Å². The van der Waals surface area contributed by atoms with Crippen molar-refractivity contribution in [1.29, 1.82) is 0 Å². The monoisotopic (exact) mass is 523 g/mol. The maximum absolute atomic E-state index is 13.8. The number of halogens is 1. The first-order valence-electron chi connectivity index (χ1n) is 12.9. The van der Waals surface area contributed by atoms with Crippen molar-refractivity contribution in [2.45, 2.75) is 89.8 Å². The molecule has 1 aliphatic carbocycles. The number of aromatic nitrogens is 1. The number of nitrogens with zero attached hydrogens (tertiary/aromatic N) is 1. The summed E-state index contributed by atoms with van der Waals surface area (Å²) in [5.74, 6) is -0.862. The average Bonchev–Trinajstić information content (AvgIpc) is 3.52. The Kier molecular flexibility index (Phi) is 6.98. The Balaban J connectivity index is 1.48. The first-order valence-corrected chi connectivity index (χ1v) is 13.8. The smallest absolute Gasteiger partial charge is 0.308 e. The lowest BCUT2D eigenvalue weighted by molar-refractivity contribution is -0.290. The largest absolute Gasteiger partial charge is 0.460 e. The molecule has 1 saturated heterocycles. The van der Waals surface area contributed by atoms with Gasteiger partial charge in [-0.2, -0.15) is 0 Å². The fourth-order valence-corrected chi connectivity index (χ4v) is 5.75. The molecule has 2 aliphatic rings. The first-order chi connectivity index (χ1) is 17.5. The van der Waals surface area contributed by atoms with Crippen LogP contribution in [0.5, 0.6) is 0 Å². The summed E-state index contributed by atoms with van der Waals surface area (Å²) in [5, 5.41) is 0. The SMILES string of the molecule is CC(C)(C)OC(=O)C[C@H]1C[C@@H](/C=C/c2c(C3CC3)cc3scnc3c2-c2ccc(F)cc2)OC(C)(C)O1. The van der Waals surface area contributed by atoms with E-state index in [2.05, 4.69) is 23.2 Å². The summed E-state index contributed by atoms with van der Waals surface area (Å²) in [6.45, 7) is 9.33. The van der Waals surface area contributed by atoms with E-state index in [4.69, 9.17) is 14.2 Å². The standard InChI is InChI=1S/C30H34FNO4S/c1-29(2,3)36-26(33)15-22-14-21(34-30(4,5)35-22)12-13-23-24(18-6-7-18)16-25-28(32-17-37-25)27(23)19-8-10-20(31)11-9-19/h8-13,16-18,21-22H,6-7,14-15H2,1-5H3/b13-12+/t21-,22-/m1/s1. The van der Waals surface area contributed by atoms with Gasteiger partial charge in [0.25, 0.3) is 0 Å². The Morgan fingerprint density at radius 1 is 1.22 bits per heavy atom. The van der Waals surface area contributed by atoms with E-state index in [1.54, 1.807) is 11.3 Å². The van der Waals surface area contributed by atoms with Crippen molar-refractivity contribution in [3.05, 3.63) is 58.9 Å². The van der Waals surface area contributed by atoms with Gasteiger partial charge in [0.1, 0.15) is 11.4 Å². The van der Waals surface area contributed by atoms with Gasteiger partial charge in [-0.05, 0) is 88.3 Å². The summed E-state index contributed by atoms with van der Waals surface area (Å²) in [5.41, 5.74) is 6.61. The van der Waals surface area contributed by atoms with Gasteiger partial charge in [-0.15, -0.1) is 11.3 Å². The van der Waals surface area contributed by atoms with Gasteiger partial charge in [0.15, 0.2) is 5.79 Å². The Morgan fingerprint density at radius 2 is 1.95 bits per heavy atom. The Bertz CT molecular complexity index is 1320. The minimum atomic E-state index is -0.835. The van der Waals surface area contributed by atoms with Crippen molar-refractivity contribution in [1.82, 2.24) is 4.98 Å². The summed E-state index contributed by atoms with van der Waals surface area (Å²) < 4.78 is 32.7. The molecule has 196 valence electrons. The maximum Gasteiger partial charge on any atom is 0.308 e. The number of carbonyl (C=O) groups excluding carboxylic acids is 1. The Hall–Kier alpha value is -2.61. The molecule has 0 radical (unpaired) electrons. The molecule has 37 heavy (non-hydrogen) atoms. The maximum atomic E-state index is 13.8. The van der Waals surface area contributed by atoms with Crippen LogP contribution in [0.4, 0.5) is 4.39 Å². The van der Waals surface area contributed by atoms with Crippen LogP contribution in [0.1, 0.15) is 77.3 Å². The second-order valence-corrected chi connectivity index (χ2v) is 12.3. The highest BCUT2D eigenvalue weighted by atomic mass is 32.1. The van der Waals surface area contributed by atoms with Crippen molar-refractivity contribution in [3.63, 3.8) is 0 Å². The van der Waals surface area contributed by atoms with Gasteiger partial charge in [0.2, 0.25) is 0 Å². The molecule has 0 spiro atoms. The molecule has 7 heteroatoms. The highest BCUT2D eigenvalue weighted by Gasteiger charge is 2.36. The fourth-order valence-electron chi connectivity index (χ4n) is 5.02. The van der Waals surface area contributed by atoms with E-state index < -0.39 is 11.4 Å². The summed E-state index contributed by atoms with van der Waals surface area (Å²) >= 11 is 1.63. The van der Waals surface area contributed by atoms with E-state index >= 15 is 0 Å². The van der Waals surface area contributed by atoms with Crippen LogP contribution in [-0.2, 0) is 19.0 Å². The van der Waals surface area contributed by atoms with Crippen LogP contribution in [0.3, 0.4) is 0 Å². The molecule has 3 aromatic rings. The average molecular weight is 524 g/mol. The van der Waals surface area contributed by atoms with E-state index in [9.17, 15) is 9.18 Å². The number of esters is 1. The number of hydrogen-bond acceptors (Lipinski definition) is 6. The lowest BCUT2D eigenvalue weighted by Gasteiger charge is -2.39. The lowest BCUT2D eigenvalue weighted by Crippen LogP contribution is -2.45. The molecule has 0 amide bonds. The first kappa shape index (κ1) is 26.0. The number of ether oxygens (including phenoxy) is 3. The van der Waals surface area contributed by atoms with Crippen molar-refractivity contribution >= 4 is 33.6 Å². The van der Waals surface area contributed by atoms with Gasteiger partial charge in [0, 0.05) is 12.0 Å².